The summed E-state index contributed by atoms with van der Waals surface area (Å²) in [4.78, 5) is 0. The molecule has 494 valence electrons. The largest absolute Gasteiger partial charge is 0.647 e. The van der Waals surface area contributed by atoms with Gasteiger partial charge in [-0.05, 0) is 192 Å². The summed E-state index contributed by atoms with van der Waals surface area (Å²) in [6.45, 7) is 23.4. The van der Waals surface area contributed by atoms with Gasteiger partial charge in [-0.15, -0.1) is 0 Å². The quantitative estimate of drug-likeness (QED) is 0.0533. The Labute approximate surface area is 572 Å². The van der Waals surface area contributed by atoms with Crippen LogP contribution in [0.15, 0.2) is 237 Å². The van der Waals surface area contributed by atoms with Gasteiger partial charge >= 0.3 is 7.82 Å². The van der Waals surface area contributed by atoms with Crippen molar-refractivity contribution < 1.29 is 60.8 Å². The van der Waals surface area contributed by atoms with Crippen molar-refractivity contribution in [3.63, 3.8) is 0 Å². The normalized spacial score (nSPS) is 11.1. The van der Waals surface area contributed by atoms with Crippen molar-refractivity contribution in [1.82, 2.24) is 0 Å². The SMILES string of the molecule is Cc1ccc(Oc2cc(OP(=O)(Oc3cc(Oc4ccc(C)cc4)c(C)c(Oc4ccc(C)cc4)c3Oc3ccc(C)cc3)Oc3cc(Oc4ccc(C)cc4)c(C)c(Oc4ccc(C)cc4)c3Oc3ccc(C)cc3)c(Oc3ccc(C)cc3)c(Oc3ccc(C)cc3)c2C)cc1. The number of ether oxygens (including phenoxy) is 9. The molecule has 0 aliphatic carbocycles. The lowest BCUT2D eigenvalue weighted by Gasteiger charge is -2.27. The third-order valence-corrected chi connectivity index (χ3v) is 17.3. The summed E-state index contributed by atoms with van der Waals surface area (Å²) in [5.41, 5.74) is 10.5. The fourth-order valence-corrected chi connectivity index (χ4v) is 11.4. The number of hydrogen-bond acceptors (Lipinski definition) is 13. The molecule has 98 heavy (non-hydrogen) atoms. The third kappa shape index (κ3) is 16.4. The summed E-state index contributed by atoms with van der Waals surface area (Å²) in [6.07, 6.45) is 0. The molecule has 0 N–H and O–H groups in total. The molecule has 0 atom stereocenters. The Kier molecular flexibility index (Phi) is 19.8. The molecule has 0 saturated heterocycles. The number of phosphoric acid groups is 1. The Hall–Kier alpha value is -11.5. The van der Waals surface area contributed by atoms with Crippen molar-refractivity contribution >= 4 is 7.82 Å². The van der Waals surface area contributed by atoms with Gasteiger partial charge in [-0.25, -0.2) is 0 Å². The first kappa shape index (κ1) is 66.5. The van der Waals surface area contributed by atoms with Gasteiger partial charge in [0.1, 0.15) is 69.0 Å². The van der Waals surface area contributed by atoms with Crippen LogP contribution in [0.1, 0.15) is 66.8 Å². The lowest BCUT2D eigenvalue weighted by atomic mass is 10.1. The van der Waals surface area contributed by atoms with Crippen LogP contribution < -0.4 is 56.2 Å². The Bertz CT molecular complexity index is 4330. The highest BCUT2D eigenvalue weighted by Crippen LogP contribution is 2.62. The minimum atomic E-state index is -5.58. The number of rotatable bonds is 24. The molecule has 0 heterocycles. The number of aryl methyl sites for hydroxylation is 9. The van der Waals surface area contributed by atoms with Crippen LogP contribution in [0.4, 0.5) is 0 Å². The lowest BCUT2D eigenvalue weighted by Crippen LogP contribution is -2.11. The molecule has 0 aliphatic rings. The van der Waals surface area contributed by atoms with Crippen molar-refractivity contribution in [3.8, 4) is 121 Å². The van der Waals surface area contributed by atoms with E-state index in [0.717, 1.165) is 50.1 Å². The second kappa shape index (κ2) is 29.2. The molecule has 0 unspecified atom stereocenters. The molecule has 14 heteroatoms. The Balaban J connectivity index is 1.16. The molecule has 0 aliphatic heterocycles. The molecule has 13 nitrogen and oxygen atoms in total. The zero-order valence-electron chi connectivity index (χ0n) is 56.8. The standard InChI is InChI=1S/C84H75O13P/c1-52-13-31-64(32-14-52)86-73-49-76(82(92-70-43-25-58(7)26-44-70)79(61(73)10)89-67-37-19-55(4)20-38-67)95-98(85,96-77-50-74(87-65-33-15-53(2)16-34-65)62(11)80(90-68-39-21-56(5)22-40-68)83(77)93-71-45-27-59(8)28-46-71)97-78-51-75(88-66-35-17-54(3)18-36-66)63(12)81(91-69-41-23-57(6)24-42-69)84(78)94-72-47-29-60(9)30-48-72/h13-51H,1-12H3. The van der Waals surface area contributed by atoms with E-state index < -0.39 is 7.82 Å². The van der Waals surface area contributed by atoms with E-state index in [1.165, 1.54) is 0 Å². The van der Waals surface area contributed by atoms with Crippen molar-refractivity contribution in [2.45, 2.75) is 83.1 Å². The predicted molar refractivity (Wildman–Crippen MR) is 384 cm³/mol. The highest BCUT2D eigenvalue weighted by molar-refractivity contribution is 7.49. The molecule has 0 saturated carbocycles. The van der Waals surface area contributed by atoms with Gasteiger partial charge < -0.3 is 56.2 Å². The summed E-state index contributed by atoms with van der Waals surface area (Å²) >= 11 is 0. The molecule has 12 aromatic rings. The highest BCUT2D eigenvalue weighted by Gasteiger charge is 2.41. The Morgan fingerprint density at radius 2 is 0.327 bits per heavy atom. The first-order chi connectivity index (χ1) is 47.2. The van der Waals surface area contributed by atoms with Crippen LogP contribution in [0.3, 0.4) is 0 Å². The molecule has 12 rings (SSSR count). The van der Waals surface area contributed by atoms with Gasteiger partial charge in [0.15, 0.2) is 34.5 Å². The fraction of sp³-hybridized carbons (Fsp3) is 0.143. The smallest absolute Gasteiger partial charge is 0.457 e. The number of hydrogen-bond donors (Lipinski definition) is 0. The van der Waals surface area contributed by atoms with E-state index in [4.69, 9.17) is 56.2 Å². The average Bonchev–Trinajstić information content (AvgIpc) is 0.766. The summed E-state index contributed by atoms with van der Waals surface area (Å²) in [7, 11) is -5.58. The maximum Gasteiger partial charge on any atom is 0.647 e. The van der Waals surface area contributed by atoms with Crippen LogP contribution in [0.25, 0.3) is 0 Å². The number of phosphoric ester groups is 1. The maximum atomic E-state index is 17.9. The highest BCUT2D eigenvalue weighted by atomic mass is 31.2. The molecular weight excluding hydrogens is 1250 g/mol. The van der Waals surface area contributed by atoms with Crippen molar-refractivity contribution in [2.75, 3.05) is 0 Å². The first-order valence-corrected chi connectivity index (χ1v) is 33.6. The molecule has 0 amide bonds. The summed E-state index contributed by atoms with van der Waals surface area (Å²) in [5, 5.41) is 0. The van der Waals surface area contributed by atoms with Gasteiger partial charge in [0, 0.05) is 34.9 Å². The zero-order valence-corrected chi connectivity index (χ0v) is 57.7. The Morgan fingerprint density at radius 3 is 0.490 bits per heavy atom. The van der Waals surface area contributed by atoms with Gasteiger partial charge in [-0.1, -0.05) is 159 Å². The van der Waals surface area contributed by atoms with Crippen LogP contribution >= 0.6 is 7.82 Å². The molecule has 0 radical (unpaired) electrons. The fourth-order valence-electron chi connectivity index (χ4n) is 10.2. The van der Waals surface area contributed by atoms with E-state index in [2.05, 4.69) is 0 Å². The van der Waals surface area contributed by atoms with Crippen LogP contribution in [0.5, 0.6) is 121 Å². The van der Waals surface area contributed by atoms with E-state index in [-0.39, 0.29) is 69.0 Å². The van der Waals surface area contributed by atoms with Crippen LogP contribution in [0, 0.1) is 83.1 Å². The molecular formula is C84H75O13P. The summed E-state index contributed by atoms with van der Waals surface area (Å²) in [6, 6.07) is 72.4. The summed E-state index contributed by atoms with van der Waals surface area (Å²) in [5.74, 6) is 4.28. The molecule has 0 bridgehead atoms. The Morgan fingerprint density at radius 1 is 0.184 bits per heavy atom. The predicted octanol–water partition coefficient (Wildman–Crippen LogP) is 25.2. The molecule has 12 aromatic carbocycles. The van der Waals surface area contributed by atoms with Crippen LogP contribution in [0.2, 0.25) is 0 Å². The molecule has 0 fully saturated rings. The maximum absolute atomic E-state index is 17.9. The van der Waals surface area contributed by atoms with Crippen molar-refractivity contribution in [1.29, 1.82) is 0 Å². The van der Waals surface area contributed by atoms with E-state index in [1.54, 1.807) is 18.2 Å². The van der Waals surface area contributed by atoms with Gasteiger partial charge in [-0.3, -0.25) is 0 Å². The van der Waals surface area contributed by atoms with Crippen LogP contribution in [-0.2, 0) is 4.57 Å². The van der Waals surface area contributed by atoms with Gasteiger partial charge in [-0.2, -0.15) is 4.57 Å². The van der Waals surface area contributed by atoms with Gasteiger partial charge in [0.25, 0.3) is 0 Å². The molecule has 0 aromatic heterocycles. The summed E-state index contributed by atoms with van der Waals surface area (Å²) < 4.78 is 102. The minimum absolute atomic E-state index is 0.0331. The topological polar surface area (TPSA) is 128 Å². The average molecular weight is 1320 g/mol. The van der Waals surface area contributed by atoms with Crippen molar-refractivity contribution in [2.24, 2.45) is 0 Å². The van der Waals surface area contributed by atoms with Crippen molar-refractivity contribution in [3.05, 3.63) is 303 Å². The van der Waals surface area contributed by atoms with E-state index in [0.29, 0.717) is 68.4 Å². The van der Waals surface area contributed by atoms with E-state index in [1.807, 2.05) is 301 Å². The van der Waals surface area contributed by atoms with E-state index in [9.17, 15) is 0 Å². The second-order valence-electron chi connectivity index (χ2n) is 24.4. The third-order valence-electron chi connectivity index (χ3n) is 16.0. The minimum Gasteiger partial charge on any atom is -0.457 e. The molecule has 0 spiro atoms. The van der Waals surface area contributed by atoms with Crippen LogP contribution in [-0.4, -0.2) is 0 Å². The van der Waals surface area contributed by atoms with Gasteiger partial charge in [0.05, 0.1) is 0 Å². The first-order valence-electron chi connectivity index (χ1n) is 32.1. The monoisotopic (exact) mass is 1320 g/mol. The second-order valence-corrected chi connectivity index (χ2v) is 25.9. The van der Waals surface area contributed by atoms with E-state index >= 15 is 4.57 Å². The lowest BCUT2D eigenvalue weighted by molar-refractivity contribution is 0.279. The van der Waals surface area contributed by atoms with Gasteiger partial charge in [0.2, 0.25) is 17.2 Å². The zero-order chi connectivity index (χ0) is 68.6. The number of benzene rings is 12.